The van der Waals surface area contributed by atoms with Crippen LogP contribution in [0.25, 0.3) is 11.1 Å². The van der Waals surface area contributed by atoms with Gasteiger partial charge in [-0.15, -0.1) is 0 Å². The number of ether oxygens (including phenoxy) is 2. The Kier molecular flexibility index (Phi) is 34.4. The molecule has 0 saturated heterocycles. The maximum Gasteiger partial charge on any atom is 0.336 e. The molecule has 0 aliphatic rings. The molecule has 0 aliphatic heterocycles. The SMILES string of the molecule is CCCCCCCCCCCCCCCCCCOCC#Cc1c(C(=O)O)cccc1-c1cccc(C(=O)O)c1C#CCOCCCCCCCCCCCCCCCCCC. The van der Waals surface area contributed by atoms with E-state index in [4.69, 9.17) is 9.47 Å². The van der Waals surface area contributed by atoms with Crippen LogP contribution in [-0.2, 0) is 9.47 Å². The number of hydrogen-bond donors (Lipinski definition) is 2. The van der Waals surface area contributed by atoms with Gasteiger partial charge in [-0.25, -0.2) is 9.59 Å². The van der Waals surface area contributed by atoms with Gasteiger partial charge >= 0.3 is 11.9 Å². The largest absolute Gasteiger partial charge is 0.478 e. The monoisotopic (exact) mass is 855 g/mol. The standard InChI is InChI=1S/C56H86O6/c1-3-5-7-9-11-13-15-17-19-21-23-25-27-29-31-33-45-61-47-37-43-51-49(39-35-41-53(51)55(57)58)50-40-36-42-54(56(59)60)52(50)44-38-48-62-46-34-32-30-28-26-24-22-20-18-16-14-12-10-8-6-4-2/h35-36,39-42H,3-34,45-48H2,1-2H3,(H,57,58)(H,59,60). The average molecular weight is 855 g/mol. The van der Waals surface area contributed by atoms with Crippen LogP contribution >= 0.6 is 0 Å². The van der Waals surface area contributed by atoms with E-state index in [-0.39, 0.29) is 24.3 Å². The summed E-state index contributed by atoms with van der Waals surface area (Å²) in [5, 5.41) is 20.1. The Morgan fingerprint density at radius 2 is 0.661 bits per heavy atom. The number of hydrogen-bond acceptors (Lipinski definition) is 4. The fraction of sp³-hybridized carbons (Fsp3) is 0.679. The molecule has 0 fully saturated rings. The molecule has 6 nitrogen and oxygen atoms in total. The first-order valence-corrected chi connectivity index (χ1v) is 25.4. The zero-order valence-corrected chi connectivity index (χ0v) is 39.4. The Bertz CT molecular complexity index is 1450. The summed E-state index contributed by atoms with van der Waals surface area (Å²) in [6.45, 7) is 6.15. The summed E-state index contributed by atoms with van der Waals surface area (Å²) in [5.74, 6) is 9.93. The van der Waals surface area contributed by atoms with Crippen LogP contribution in [0.4, 0.5) is 0 Å². The summed E-state index contributed by atoms with van der Waals surface area (Å²) in [6, 6.07) is 9.90. The third-order valence-corrected chi connectivity index (χ3v) is 11.9. The summed E-state index contributed by atoms with van der Waals surface area (Å²) >= 11 is 0. The van der Waals surface area contributed by atoms with Crippen molar-refractivity contribution < 1.29 is 29.3 Å². The molecule has 62 heavy (non-hydrogen) atoms. The molecule has 0 bridgehead atoms. The lowest BCUT2D eigenvalue weighted by atomic mass is 9.90. The molecule has 0 saturated carbocycles. The van der Waals surface area contributed by atoms with E-state index in [1.54, 1.807) is 24.3 Å². The highest BCUT2D eigenvalue weighted by Gasteiger charge is 2.19. The summed E-state index contributed by atoms with van der Waals surface area (Å²) in [4.78, 5) is 24.6. The van der Waals surface area contributed by atoms with Gasteiger partial charge in [0.05, 0.1) is 11.1 Å². The lowest BCUT2D eigenvalue weighted by Crippen LogP contribution is -2.05. The van der Waals surface area contributed by atoms with Crippen LogP contribution in [0.15, 0.2) is 36.4 Å². The molecule has 2 aromatic rings. The molecule has 6 heteroatoms. The van der Waals surface area contributed by atoms with Gasteiger partial charge < -0.3 is 19.7 Å². The van der Waals surface area contributed by atoms with E-state index in [2.05, 4.69) is 37.5 Å². The Balaban J connectivity index is 1.74. The van der Waals surface area contributed by atoms with Crippen molar-refractivity contribution in [3.8, 4) is 34.8 Å². The lowest BCUT2D eigenvalue weighted by molar-refractivity contribution is 0.0685. The van der Waals surface area contributed by atoms with Gasteiger partial charge in [0.25, 0.3) is 0 Å². The van der Waals surface area contributed by atoms with E-state index < -0.39 is 11.9 Å². The van der Waals surface area contributed by atoms with Crippen LogP contribution in [0, 0.1) is 23.7 Å². The molecule has 0 radical (unpaired) electrons. The van der Waals surface area contributed by atoms with Crippen LogP contribution in [0.2, 0.25) is 0 Å². The van der Waals surface area contributed by atoms with Crippen molar-refractivity contribution in [1.29, 1.82) is 0 Å². The molecule has 346 valence electrons. The van der Waals surface area contributed by atoms with E-state index in [0.717, 1.165) is 25.7 Å². The number of unbranched alkanes of at least 4 members (excludes halogenated alkanes) is 30. The van der Waals surface area contributed by atoms with Crippen molar-refractivity contribution in [2.75, 3.05) is 26.4 Å². The second-order valence-corrected chi connectivity index (χ2v) is 17.4. The first kappa shape index (κ1) is 54.6. The molecule has 2 rings (SSSR count). The van der Waals surface area contributed by atoms with Crippen molar-refractivity contribution in [2.45, 2.75) is 219 Å². The number of carbonyl (C=O) groups is 2. The molecule has 0 amide bonds. The minimum absolute atomic E-state index is 0.0505. The third-order valence-electron chi connectivity index (χ3n) is 11.9. The number of benzene rings is 2. The normalized spacial score (nSPS) is 10.9. The van der Waals surface area contributed by atoms with Crippen molar-refractivity contribution in [3.63, 3.8) is 0 Å². The lowest BCUT2D eigenvalue weighted by Gasteiger charge is -2.12. The summed E-state index contributed by atoms with van der Waals surface area (Å²) in [7, 11) is 0. The minimum Gasteiger partial charge on any atom is -0.478 e. The molecular weight excluding hydrogens is 769 g/mol. The van der Waals surface area contributed by atoms with Crippen LogP contribution in [0.3, 0.4) is 0 Å². The van der Waals surface area contributed by atoms with Gasteiger partial charge in [0.1, 0.15) is 13.2 Å². The quantitative estimate of drug-likeness (QED) is 0.0514. The van der Waals surface area contributed by atoms with E-state index in [0.29, 0.717) is 35.5 Å². The fourth-order valence-electron chi connectivity index (χ4n) is 8.18. The van der Waals surface area contributed by atoms with Crippen LogP contribution < -0.4 is 0 Å². The second kappa shape index (κ2) is 39.0. The zero-order valence-electron chi connectivity index (χ0n) is 39.4. The highest BCUT2D eigenvalue weighted by Crippen LogP contribution is 2.31. The van der Waals surface area contributed by atoms with E-state index in [9.17, 15) is 19.8 Å². The smallest absolute Gasteiger partial charge is 0.336 e. The second-order valence-electron chi connectivity index (χ2n) is 17.4. The number of carboxylic acid groups (broad SMARTS) is 2. The molecule has 0 aromatic heterocycles. The van der Waals surface area contributed by atoms with E-state index in [1.165, 1.54) is 192 Å². The van der Waals surface area contributed by atoms with Gasteiger partial charge in [-0.2, -0.15) is 0 Å². The average Bonchev–Trinajstić information content (AvgIpc) is 3.27. The summed E-state index contributed by atoms with van der Waals surface area (Å²) in [5.41, 5.74) is 1.78. The Labute approximate surface area is 379 Å². The Morgan fingerprint density at radius 1 is 0.403 bits per heavy atom. The molecule has 0 spiro atoms. The molecule has 2 aromatic carbocycles. The Hall–Kier alpha value is -3.58. The van der Waals surface area contributed by atoms with E-state index in [1.807, 2.05) is 0 Å². The zero-order chi connectivity index (χ0) is 44.6. The van der Waals surface area contributed by atoms with Crippen molar-refractivity contribution in [2.24, 2.45) is 0 Å². The van der Waals surface area contributed by atoms with Gasteiger partial charge in [0, 0.05) is 24.3 Å². The van der Waals surface area contributed by atoms with Gasteiger partial charge in [-0.05, 0) is 36.1 Å². The molecule has 0 heterocycles. The highest BCUT2D eigenvalue weighted by atomic mass is 16.5. The van der Waals surface area contributed by atoms with Crippen LogP contribution in [0.5, 0.6) is 0 Å². The maximum absolute atomic E-state index is 12.3. The van der Waals surface area contributed by atoms with Gasteiger partial charge in [-0.3, -0.25) is 0 Å². The highest BCUT2D eigenvalue weighted by molar-refractivity contribution is 5.97. The summed E-state index contributed by atoms with van der Waals surface area (Å²) in [6.07, 6.45) is 42.2. The fourth-order valence-corrected chi connectivity index (χ4v) is 8.18. The van der Waals surface area contributed by atoms with Crippen LogP contribution in [0.1, 0.15) is 251 Å². The molecule has 0 atom stereocenters. The number of rotatable bonds is 39. The molecule has 0 aliphatic carbocycles. The van der Waals surface area contributed by atoms with Gasteiger partial charge in [-0.1, -0.05) is 254 Å². The molecule has 0 unspecified atom stereocenters. The number of carboxylic acids is 2. The molecule has 2 N–H and O–H groups in total. The predicted molar refractivity (Wildman–Crippen MR) is 260 cm³/mol. The van der Waals surface area contributed by atoms with Crippen LogP contribution in [-0.4, -0.2) is 48.6 Å². The van der Waals surface area contributed by atoms with Crippen molar-refractivity contribution in [1.82, 2.24) is 0 Å². The molecular formula is C56H86O6. The maximum atomic E-state index is 12.3. The topological polar surface area (TPSA) is 93.1 Å². The van der Waals surface area contributed by atoms with Gasteiger partial charge in [0.2, 0.25) is 0 Å². The Morgan fingerprint density at radius 3 is 0.919 bits per heavy atom. The van der Waals surface area contributed by atoms with Gasteiger partial charge in [0.15, 0.2) is 0 Å². The first-order chi connectivity index (χ1) is 30.5. The summed E-state index contributed by atoms with van der Waals surface area (Å²) < 4.78 is 11.6. The minimum atomic E-state index is -1.10. The van der Waals surface area contributed by atoms with Crippen molar-refractivity contribution >= 4 is 11.9 Å². The number of aromatic carboxylic acids is 2. The van der Waals surface area contributed by atoms with Crippen molar-refractivity contribution in [3.05, 3.63) is 58.7 Å². The predicted octanol–water partition coefficient (Wildman–Crippen LogP) is 16.0. The van der Waals surface area contributed by atoms with E-state index >= 15 is 0 Å². The first-order valence-electron chi connectivity index (χ1n) is 25.4. The third kappa shape index (κ3) is 26.8.